The number of aromatic nitrogens is 2. The van der Waals surface area contributed by atoms with Gasteiger partial charge in [-0.1, -0.05) is 5.16 Å². The van der Waals surface area contributed by atoms with Crippen molar-refractivity contribution in [3.05, 3.63) is 59.7 Å². The van der Waals surface area contributed by atoms with Gasteiger partial charge in [0.25, 0.3) is 5.91 Å². The van der Waals surface area contributed by atoms with E-state index in [0.29, 0.717) is 60.0 Å². The monoisotopic (exact) mass is 468 g/mol. The number of carbonyl (C=O) groups excluding carboxylic acids is 2. The summed E-state index contributed by atoms with van der Waals surface area (Å²) in [6.45, 7) is 4.93. The largest absolute Gasteiger partial charge is 0.486 e. The van der Waals surface area contributed by atoms with Crippen LogP contribution >= 0.6 is 11.8 Å². The Bertz CT molecular complexity index is 1130. The van der Waals surface area contributed by atoms with Gasteiger partial charge in [-0.25, -0.2) is 0 Å². The van der Waals surface area contributed by atoms with E-state index >= 15 is 0 Å². The molecule has 1 N–H and O–H groups in total. The van der Waals surface area contributed by atoms with Gasteiger partial charge in [-0.05, 0) is 50.2 Å². The summed E-state index contributed by atoms with van der Waals surface area (Å²) >= 11 is 1.54. The predicted octanol–water partition coefficient (Wildman–Crippen LogP) is 3.54. The van der Waals surface area contributed by atoms with Crippen LogP contribution in [0.5, 0.6) is 11.5 Å². The fraction of sp³-hybridized carbons (Fsp3) is 0.304. The van der Waals surface area contributed by atoms with Crippen molar-refractivity contribution >= 4 is 29.3 Å². The lowest BCUT2D eigenvalue weighted by atomic mass is 10.2. The van der Waals surface area contributed by atoms with E-state index in [1.165, 1.54) is 16.7 Å². The minimum absolute atomic E-state index is 0.0587. The van der Waals surface area contributed by atoms with Gasteiger partial charge >= 0.3 is 0 Å². The quantitative estimate of drug-likeness (QED) is 0.500. The second-order valence-corrected chi connectivity index (χ2v) is 8.32. The molecule has 1 aromatic heterocycles. The highest BCUT2D eigenvalue weighted by atomic mass is 32.2. The van der Waals surface area contributed by atoms with Crippen LogP contribution in [0.3, 0.4) is 0 Å². The van der Waals surface area contributed by atoms with Crippen molar-refractivity contribution in [2.75, 3.05) is 31.6 Å². The molecule has 0 saturated heterocycles. The van der Waals surface area contributed by atoms with E-state index in [1.807, 2.05) is 19.1 Å². The van der Waals surface area contributed by atoms with E-state index in [9.17, 15) is 9.59 Å². The lowest BCUT2D eigenvalue weighted by Gasteiger charge is -2.21. The third-order valence-electron chi connectivity index (χ3n) is 4.86. The van der Waals surface area contributed by atoms with Crippen molar-refractivity contribution in [1.29, 1.82) is 0 Å². The average molecular weight is 469 g/mol. The molecule has 33 heavy (non-hydrogen) atoms. The lowest BCUT2D eigenvalue weighted by molar-refractivity contribution is -0.116. The van der Waals surface area contributed by atoms with Crippen molar-refractivity contribution in [3.8, 4) is 11.5 Å². The molecule has 0 atom stereocenters. The van der Waals surface area contributed by atoms with Gasteiger partial charge in [-0.15, -0.1) is 11.8 Å². The second kappa shape index (κ2) is 10.4. The average Bonchev–Trinajstić information content (AvgIpc) is 3.26. The number of amides is 2. The number of anilines is 1. The standard InChI is InChI=1S/C23H24N4O5S/c1-3-27(13-21(28)25-17-6-9-19-20(12-17)31-11-10-30-19)23(29)16-4-7-18(8-5-16)33-14-22-24-15(2)26-32-22/h4-9,12H,3,10-11,13-14H2,1-2H3,(H,25,28). The van der Waals surface area contributed by atoms with Crippen LogP contribution in [-0.4, -0.2) is 53.2 Å². The van der Waals surface area contributed by atoms with Crippen LogP contribution in [0, 0.1) is 6.92 Å². The highest BCUT2D eigenvalue weighted by Gasteiger charge is 2.19. The fourth-order valence-electron chi connectivity index (χ4n) is 3.24. The fourth-order valence-corrected chi connectivity index (χ4v) is 3.98. The molecule has 2 amide bonds. The molecule has 0 fully saturated rings. The summed E-state index contributed by atoms with van der Waals surface area (Å²) in [5, 5.41) is 6.58. The summed E-state index contributed by atoms with van der Waals surface area (Å²) < 4.78 is 16.1. The Hall–Kier alpha value is -3.53. The lowest BCUT2D eigenvalue weighted by Crippen LogP contribution is -2.37. The normalized spacial score (nSPS) is 12.3. The Balaban J connectivity index is 1.32. The van der Waals surface area contributed by atoms with Crippen LogP contribution in [0.25, 0.3) is 0 Å². The number of thioether (sulfide) groups is 1. The van der Waals surface area contributed by atoms with Crippen LogP contribution in [0.2, 0.25) is 0 Å². The van der Waals surface area contributed by atoms with E-state index in [-0.39, 0.29) is 18.4 Å². The molecule has 10 heteroatoms. The van der Waals surface area contributed by atoms with Crippen molar-refractivity contribution < 1.29 is 23.6 Å². The Labute approximate surface area is 195 Å². The summed E-state index contributed by atoms with van der Waals surface area (Å²) in [7, 11) is 0. The zero-order valence-corrected chi connectivity index (χ0v) is 19.2. The van der Waals surface area contributed by atoms with Crippen molar-refractivity contribution in [1.82, 2.24) is 15.0 Å². The Morgan fingerprint density at radius 2 is 1.85 bits per heavy atom. The number of rotatable bonds is 8. The maximum atomic E-state index is 12.9. The van der Waals surface area contributed by atoms with Gasteiger partial charge in [0.1, 0.15) is 19.8 Å². The highest BCUT2D eigenvalue weighted by molar-refractivity contribution is 7.98. The van der Waals surface area contributed by atoms with Gasteiger partial charge in [0, 0.05) is 28.8 Å². The summed E-state index contributed by atoms with van der Waals surface area (Å²) in [5.74, 6) is 2.45. The third-order valence-corrected chi connectivity index (χ3v) is 5.86. The molecule has 0 radical (unpaired) electrons. The maximum Gasteiger partial charge on any atom is 0.254 e. The zero-order chi connectivity index (χ0) is 23.2. The molecule has 1 aliphatic rings. The first-order valence-corrected chi connectivity index (χ1v) is 11.5. The van der Waals surface area contributed by atoms with E-state index in [1.54, 1.807) is 37.3 Å². The number of hydrogen-bond acceptors (Lipinski definition) is 8. The minimum atomic E-state index is -0.288. The van der Waals surface area contributed by atoms with E-state index in [4.69, 9.17) is 14.0 Å². The smallest absolute Gasteiger partial charge is 0.254 e. The molecule has 9 nitrogen and oxygen atoms in total. The SMILES string of the molecule is CCN(CC(=O)Nc1ccc2c(c1)OCCO2)C(=O)c1ccc(SCc2nc(C)no2)cc1. The second-order valence-electron chi connectivity index (χ2n) is 7.27. The van der Waals surface area contributed by atoms with Crippen LogP contribution < -0.4 is 14.8 Å². The van der Waals surface area contributed by atoms with Crippen LogP contribution in [-0.2, 0) is 10.5 Å². The highest BCUT2D eigenvalue weighted by Crippen LogP contribution is 2.32. The molecule has 3 aromatic rings. The van der Waals surface area contributed by atoms with Gasteiger partial charge < -0.3 is 24.2 Å². The van der Waals surface area contributed by atoms with E-state index < -0.39 is 0 Å². The molecule has 0 bridgehead atoms. The molecule has 0 spiro atoms. The Morgan fingerprint density at radius 3 is 2.55 bits per heavy atom. The summed E-state index contributed by atoms with van der Waals surface area (Å²) in [6, 6.07) is 12.5. The third kappa shape index (κ3) is 5.83. The number of fused-ring (bicyclic) bond motifs is 1. The topological polar surface area (TPSA) is 107 Å². The molecule has 172 valence electrons. The van der Waals surface area contributed by atoms with Crippen LogP contribution in [0.1, 0.15) is 29.0 Å². The first kappa shape index (κ1) is 22.7. The number of ether oxygens (including phenoxy) is 2. The molecular weight excluding hydrogens is 444 g/mol. The van der Waals surface area contributed by atoms with Crippen LogP contribution in [0.4, 0.5) is 5.69 Å². The first-order chi connectivity index (χ1) is 16.0. The number of nitrogens with one attached hydrogen (secondary N) is 1. The van der Waals surface area contributed by atoms with Gasteiger partial charge in [0.2, 0.25) is 11.8 Å². The molecule has 0 saturated carbocycles. The van der Waals surface area contributed by atoms with E-state index in [2.05, 4.69) is 15.5 Å². The van der Waals surface area contributed by atoms with Crippen molar-refractivity contribution in [3.63, 3.8) is 0 Å². The maximum absolute atomic E-state index is 12.9. The Kier molecular flexibility index (Phi) is 7.13. The summed E-state index contributed by atoms with van der Waals surface area (Å²) in [4.78, 5) is 32.1. The molecule has 2 aromatic carbocycles. The number of hydrogen-bond donors (Lipinski definition) is 1. The number of likely N-dealkylation sites (N-methyl/N-ethyl adjacent to an activating group) is 1. The number of nitrogens with zero attached hydrogens (tertiary/aromatic N) is 3. The number of carbonyl (C=O) groups is 2. The van der Waals surface area contributed by atoms with Crippen LogP contribution in [0.15, 0.2) is 51.9 Å². The Morgan fingerprint density at radius 1 is 1.09 bits per heavy atom. The first-order valence-electron chi connectivity index (χ1n) is 10.5. The molecule has 0 unspecified atom stereocenters. The van der Waals surface area contributed by atoms with Gasteiger partial charge in [-0.2, -0.15) is 4.98 Å². The number of benzene rings is 2. The van der Waals surface area contributed by atoms with Crippen molar-refractivity contribution in [2.24, 2.45) is 0 Å². The molecule has 0 aliphatic carbocycles. The summed E-state index contributed by atoms with van der Waals surface area (Å²) in [6.07, 6.45) is 0. The van der Waals surface area contributed by atoms with Gasteiger partial charge in [0.15, 0.2) is 17.3 Å². The van der Waals surface area contributed by atoms with Crippen molar-refractivity contribution in [2.45, 2.75) is 24.5 Å². The predicted molar refractivity (Wildman–Crippen MR) is 123 cm³/mol. The molecule has 2 heterocycles. The molecule has 4 rings (SSSR count). The molecule has 1 aliphatic heterocycles. The minimum Gasteiger partial charge on any atom is -0.486 e. The zero-order valence-electron chi connectivity index (χ0n) is 18.4. The van der Waals surface area contributed by atoms with Gasteiger partial charge in [0.05, 0.1) is 5.75 Å². The van der Waals surface area contributed by atoms with E-state index in [0.717, 1.165) is 4.90 Å². The van der Waals surface area contributed by atoms with Gasteiger partial charge in [-0.3, -0.25) is 9.59 Å². The summed E-state index contributed by atoms with van der Waals surface area (Å²) in [5.41, 5.74) is 1.10. The molecular formula is C23H24N4O5S. The number of aryl methyl sites for hydroxylation is 1.